The Balaban J connectivity index is 0.000000261. The molecule has 1 amide bonds. The standard InChI is InChI=1S/C24H26N2.C9H11F.C2H5NO/c1-2-24(12-14-26(15-13-24)18-19-6-7-19)23-10-8-21(9-11-23)22-5-3-4-20(16-22)17-25;1-3-8-4-5-9(10)7(2)6-8;1-2(3)4/h2-5,8-11,16,19H,1,6-7,12-15,18H2;4-6H,3H2,1-2H3;1H3,(H2,3,4). The molecule has 0 aromatic heterocycles. The first-order chi connectivity index (χ1) is 19.2. The van der Waals surface area contributed by atoms with Crippen LogP contribution in [-0.2, 0) is 16.6 Å². The van der Waals surface area contributed by atoms with Crippen LogP contribution in [0, 0.1) is 30.0 Å². The molecule has 5 heteroatoms. The van der Waals surface area contributed by atoms with Crippen LogP contribution < -0.4 is 5.73 Å². The largest absolute Gasteiger partial charge is 0.370 e. The molecule has 3 aromatic rings. The van der Waals surface area contributed by atoms with E-state index in [1.807, 2.05) is 30.3 Å². The molecule has 2 N–H and O–H groups in total. The lowest BCUT2D eigenvalue weighted by molar-refractivity contribution is -0.115. The van der Waals surface area contributed by atoms with E-state index in [0.717, 1.165) is 41.9 Å². The van der Waals surface area contributed by atoms with E-state index in [1.54, 1.807) is 6.92 Å². The number of hydrogen-bond donors (Lipinski definition) is 1. The lowest BCUT2D eigenvalue weighted by Gasteiger charge is -2.40. The molecule has 3 aromatic carbocycles. The lowest BCUT2D eigenvalue weighted by Crippen LogP contribution is -2.42. The maximum Gasteiger partial charge on any atom is 0.214 e. The highest BCUT2D eigenvalue weighted by molar-refractivity contribution is 5.70. The number of nitrogens with two attached hydrogens (primary N) is 1. The highest BCUT2D eigenvalue weighted by atomic mass is 19.1. The number of amides is 1. The summed E-state index contributed by atoms with van der Waals surface area (Å²) in [6.45, 7) is 13.0. The molecule has 210 valence electrons. The van der Waals surface area contributed by atoms with E-state index in [4.69, 9.17) is 5.26 Å². The minimum Gasteiger partial charge on any atom is -0.370 e. The maximum absolute atomic E-state index is 12.6. The molecule has 40 heavy (non-hydrogen) atoms. The summed E-state index contributed by atoms with van der Waals surface area (Å²) in [6.07, 6.45) is 8.32. The molecule has 1 aliphatic carbocycles. The number of nitrogens with zero attached hydrogens (tertiary/aromatic N) is 2. The Hall–Kier alpha value is -3.75. The summed E-state index contributed by atoms with van der Waals surface area (Å²) in [7, 11) is 0. The Labute approximate surface area is 239 Å². The zero-order valence-corrected chi connectivity index (χ0v) is 24.1. The van der Waals surface area contributed by atoms with Crippen molar-refractivity contribution in [2.24, 2.45) is 11.7 Å². The van der Waals surface area contributed by atoms with Crippen molar-refractivity contribution in [2.75, 3.05) is 19.6 Å². The number of carbonyl (C=O) groups is 1. The SMILES string of the molecule is C=CC1(c2ccc(-c3cccc(C#N)c3)cc2)CCN(CC2CC2)CC1.CC(N)=O.CCc1ccc(F)c(C)c1. The van der Waals surface area contributed by atoms with Crippen LogP contribution in [0.15, 0.2) is 79.4 Å². The Morgan fingerprint density at radius 1 is 1.10 bits per heavy atom. The van der Waals surface area contributed by atoms with Gasteiger partial charge in [-0.25, -0.2) is 4.39 Å². The van der Waals surface area contributed by atoms with E-state index in [9.17, 15) is 9.18 Å². The van der Waals surface area contributed by atoms with Crippen molar-refractivity contribution in [3.8, 4) is 17.2 Å². The second kappa shape index (κ2) is 14.6. The summed E-state index contributed by atoms with van der Waals surface area (Å²) in [4.78, 5) is 11.9. The molecule has 0 spiro atoms. The van der Waals surface area contributed by atoms with Crippen LogP contribution in [0.5, 0.6) is 0 Å². The summed E-state index contributed by atoms with van der Waals surface area (Å²) in [5.74, 6) is 0.520. The minimum absolute atomic E-state index is 0.104. The normalized spacial score (nSPS) is 15.9. The van der Waals surface area contributed by atoms with Gasteiger partial charge in [0.05, 0.1) is 11.6 Å². The van der Waals surface area contributed by atoms with Gasteiger partial charge in [-0.2, -0.15) is 5.26 Å². The molecule has 2 aliphatic rings. The first-order valence-corrected chi connectivity index (χ1v) is 14.2. The Kier molecular flexibility index (Phi) is 11.2. The van der Waals surface area contributed by atoms with Gasteiger partial charge in [-0.3, -0.25) is 4.79 Å². The molecule has 0 bridgehead atoms. The number of nitriles is 1. The third-order valence-corrected chi connectivity index (χ3v) is 7.77. The van der Waals surface area contributed by atoms with Crippen LogP contribution in [0.3, 0.4) is 0 Å². The lowest BCUT2D eigenvalue weighted by atomic mass is 9.72. The topological polar surface area (TPSA) is 70.1 Å². The van der Waals surface area contributed by atoms with Crippen molar-refractivity contribution < 1.29 is 9.18 Å². The van der Waals surface area contributed by atoms with Gasteiger partial charge in [0.15, 0.2) is 0 Å². The smallest absolute Gasteiger partial charge is 0.214 e. The van der Waals surface area contributed by atoms with Crippen LogP contribution in [0.1, 0.15) is 61.8 Å². The number of carbonyl (C=O) groups excluding carboxylic acids is 1. The van der Waals surface area contributed by atoms with Gasteiger partial charge in [-0.05, 0) is 104 Å². The second-order valence-corrected chi connectivity index (χ2v) is 10.9. The monoisotopic (exact) mass is 539 g/mol. The molecule has 1 saturated heterocycles. The molecule has 1 heterocycles. The third kappa shape index (κ3) is 8.89. The zero-order chi connectivity index (χ0) is 29.1. The number of benzene rings is 3. The minimum atomic E-state index is -0.333. The number of halogens is 1. The van der Waals surface area contributed by atoms with Crippen molar-refractivity contribution in [3.05, 3.63) is 107 Å². The first-order valence-electron chi connectivity index (χ1n) is 14.2. The van der Waals surface area contributed by atoms with Crippen molar-refractivity contribution in [3.63, 3.8) is 0 Å². The molecule has 0 atom stereocenters. The molecule has 1 aliphatic heterocycles. The van der Waals surface area contributed by atoms with E-state index in [0.29, 0.717) is 5.56 Å². The van der Waals surface area contributed by atoms with Gasteiger partial charge in [-0.15, -0.1) is 6.58 Å². The van der Waals surface area contributed by atoms with E-state index >= 15 is 0 Å². The molecular weight excluding hydrogens is 497 g/mol. The zero-order valence-electron chi connectivity index (χ0n) is 24.1. The molecule has 2 fully saturated rings. The highest BCUT2D eigenvalue weighted by Crippen LogP contribution is 2.39. The number of aryl methyl sites for hydroxylation is 2. The summed E-state index contributed by atoms with van der Waals surface area (Å²) >= 11 is 0. The first kappa shape index (κ1) is 30.8. The van der Waals surface area contributed by atoms with Crippen LogP contribution in [-0.4, -0.2) is 30.4 Å². The fourth-order valence-electron chi connectivity index (χ4n) is 5.10. The Bertz CT molecular complexity index is 1310. The van der Waals surface area contributed by atoms with E-state index in [-0.39, 0.29) is 17.1 Å². The van der Waals surface area contributed by atoms with Crippen molar-refractivity contribution >= 4 is 5.91 Å². The summed E-state index contributed by atoms with van der Waals surface area (Å²) in [6, 6.07) is 24.1. The number of piperidine rings is 1. The van der Waals surface area contributed by atoms with E-state index in [2.05, 4.69) is 66.6 Å². The third-order valence-electron chi connectivity index (χ3n) is 7.77. The quantitative estimate of drug-likeness (QED) is 0.333. The van der Waals surface area contributed by atoms with Crippen molar-refractivity contribution in [2.45, 2.75) is 58.3 Å². The molecule has 5 rings (SSSR count). The molecule has 0 unspecified atom stereocenters. The fraction of sp³-hybridized carbons (Fsp3) is 0.371. The summed E-state index contributed by atoms with van der Waals surface area (Å²) in [5.41, 5.74) is 10.8. The fourth-order valence-corrected chi connectivity index (χ4v) is 5.10. The average Bonchev–Trinajstić information content (AvgIpc) is 3.79. The predicted molar refractivity (Wildman–Crippen MR) is 162 cm³/mol. The van der Waals surface area contributed by atoms with Gasteiger partial charge in [0.25, 0.3) is 0 Å². The average molecular weight is 540 g/mol. The Morgan fingerprint density at radius 2 is 1.75 bits per heavy atom. The van der Waals surface area contributed by atoms with Gasteiger partial charge in [0, 0.05) is 18.9 Å². The predicted octanol–water partition coefficient (Wildman–Crippen LogP) is 7.34. The highest BCUT2D eigenvalue weighted by Gasteiger charge is 2.35. The molecular formula is C35H42FN3O. The number of allylic oxidation sites excluding steroid dienone is 1. The van der Waals surface area contributed by atoms with Gasteiger partial charge in [0.2, 0.25) is 5.91 Å². The maximum atomic E-state index is 12.6. The molecule has 1 saturated carbocycles. The van der Waals surface area contributed by atoms with Crippen LogP contribution in [0.4, 0.5) is 4.39 Å². The van der Waals surface area contributed by atoms with Gasteiger partial charge >= 0.3 is 0 Å². The van der Waals surface area contributed by atoms with E-state index < -0.39 is 0 Å². The van der Waals surface area contributed by atoms with Crippen LogP contribution in [0.2, 0.25) is 0 Å². The molecule has 4 nitrogen and oxygen atoms in total. The Morgan fingerprint density at radius 3 is 2.27 bits per heavy atom. The van der Waals surface area contributed by atoms with Crippen LogP contribution >= 0.6 is 0 Å². The van der Waals surface area contributed by atoms with E-state index in [1.165, 1.54) is 56.6 Å². The van der Waals surface area contributed by atoms with Crippen LogP contribution in [0.25, 0.3) is 11.1 Å². The van der Waals surface area contributed by atoms with Gasteiger partial charge in [-0.1, -0.05) is 61.5 Å². The number of hydrogen-bond acceptors (Lipinski definition) is 3. The number of likely N-dealkylation sites (tertiary alicyclic amines) is 1. The summed E-state index contributed by atoms with van der Waals surface area (Å²) < 4.78 is 12.6. The van der Waals surface area contributed by atoms with Crippen molar-refractivity contribution in [1.82, 2.24) is 4.90 Å². The molecule has 0 radical (unpaired) electrons. The number of primary amides is 1. The number of rotatable bonds is 6. The second-order valence-electron chi connectivity index (χ2n) is 10.9. The summed E-state index contributed by atoms with van der Waals surface area (Å²) in [5, 5.41) is 9.10. The van der Waals surface area contributed by atoms with Crippen molar-refractivity contribution in [1.29, 1.82) is 5.26 Å². The van der Waals surface area contributed by atoms with Gasteiger partial charge in [0.1, 0.15) is 5.82 Å². The van der Waals surface area contributed by atoms with Gasteiger partial charge < -0.3 is 10.6 Å².